The molecule has 0 fully saturated rings. The fourth-order valence-electron chi connectivity index (χ4n) is 18.1. The van der Waals surface area contributed by atoms with Crippen LogP contribution in [0.25, 0.3) is 121 Å². The Hall–Kier alpha value is -12.2. The maximum Gasteiger partial charge on any atom is 0.0543 e. The number of benzene rings is 15. The van der Waals surface area contributed by atoms with Gasteiger partial charge >= 0.3 is 0 Å². The summed E-state index contributed by atoms with van der Waals surface area (Å²) in [6, 6.07) is 132. The Morgan fingerprint density at radius 3 is 1.11 bits per heavy atom. The van der Waals surface area contributed by atoms with Crippen LogP contribution in [0.15, 0.2) is 352 Å². The summed E-state index contributed by atoms with van der Waals surface area (Å²) >= 11 is 0. The quantitative estimate of drug-likeness (QED) is 0.0503. The minimum atomic E-state index is -0.312. The molecule has 0 saturated carbocycles. The predicted molar refractivity (Wildman–Crippen MR) is 466 cm³/mol. The van der Waals surface area contributed by atoms with Crippen molar-refractivity contribution in [1.82, 2.24) is 9.13 Å². The van der Waals surface area contributed by atoms with Gasteiger partial charge in [0.05, 0.1) is 27.8 Å². The third kappa shape index (κ3) is 13.1. The van der Waals surface area contributed by atoms with Crippen LogP contribution in [0.1, 0.15) is 115 Å². The molecule has 0 atom stereocenters. The van der Waals surface area contributed by atoms with E-state index >= 15 is 0 Å². The van der Waals surface area contributed by atoms with Gasteiger partial charge in [0.1, 0.15) is 0 Å². The van der Waals surface area contributed by atoms with E-state index in [9.17, 15) is 0 Å². The fraction of sp³-hybridized carbons (Fsp3) is 0.162. The first-order valence-corrected chi connectivity index (χ1v) is 40.0. The van der Waals surface area contributed by atoms with E-state index in [2.05, 4.69) is 385 Å². The van der Waals surface area contributed by atoms with Crippen LogP contribution >= 0.6 is 0 Å². The van der Waals surface area contributed by atoms with Crippen LogP contribution in [0.3, 0.4) is 0 Å². The van der Waals surface area contributed by atoms with Crippen molar-refractivity contribution in [3.8, 4) is 67.0 Å². The molecule has 1 aliphatic rings. The number of unbranched alkanes of at least 4 members (excludes halogenated alkanes) is 10. The first-order chi connectivity index (χ1) is 54.0. The maximum absolute atomic E-state index is 2.70. The topological polar surface area (TPSA) is 16.3 Å². The first kappa shape index (κ1) is 68.6. The lowest BCUT2D eigenvalue weighted by molar-refractivity contribution is 0.398. The molecule has 1 aliphatic carbocycles. The molecule has 0 saturated heterocycles. The SMILES string of the molecule is CCCCCCCCC1(CCCCCCCC)c2cc(N(c3ccc(-c4ccccc4)cc3)c3cccc(-c4ccc5c(c4)c4ccccc4n5-c4ccccc4)c3)ccc2-c2c1cc(N(c1ccc(-c3ccccc3)cc1)c1cccc(-c3ccc4c(c3)c3ccccc3n4-c3ccccc3)c1)c1ccccc21. The van der Waals surface area contributed by atoms with E-state index in [0.717, 1.165) is 65.5 Å². The van der Waals surface area contributed by atoms with Gasteiger partial charge in [-0.1, -0.05) is 315 Å². The number of hydrogen-bond acceptors (Lipinski definition) is 2. The smallest absolute Gasteiger partial charge is 0.0543 e. The molecule has 2 aromatic heterocycles. The number of anilines is 6. The summed E-state index contributed by atoms with van der Waals surface area (Å²) in [7, 11) is 0. The highest BCUT2D eigenvalue weighted by Crippen LogP contribution is 2.60. The summed E-state index contributed by atoms with van der Waals surface area (Å²) in [5.41, 5.74) is 28.8. The van der Waals surface area contributed by atoms with Gasteiger partial charge in [0, 0.05) is 72.2 Å². The standard InChI is InChI=1S/C105H92N4/c1-3-5-7-9-11-31-67-105(68-32-12-10-8-6-4-2)97-73-89(106(85-59-53-77(54-60-85)75-35-17-13-18-36-75)87-45-33-39-79(69-87)81-57-65-101-95(71-81)91-48-27-29-51-99(91)108(101)83-41-21-15-22-42-83)63-64-94(97)104-93-50-26-25-47-90(93)103(74-98(104)105)107(86-61-55-78(56-62-86)76-37-19-14-20-38-76)88-46-34-40-80(70-88)82-58-66-102-96(72-82)92-49-28-30-52-100(92)109(102)84-43-23-16-24-44-84/h13-30,33-66,69-74H,3-12,31-32,67-68H2,1-2H3. The average Bonchev–Trinajstić information content (AvgIpc) is 1.55. The summed E-state index contributed by atoms with van der Waals surface area (Å²) in [4.78, 5) is 5.15. The van der Waals surface area contributed by atoms with Gasteiger partial charge in [-0.2, -0.15) is 0 Å². The van der Waals surface area contributed by atoms with Crippen molar-refractivity contribution in [2.24, 2.45) is 0 Å². The zero-order chi connectivity index (χ0) is 73.0. The Morgan fingerprint density at radius 1 is 0.239 bits per heavy atom. The molecule has 532 valence electrons. The van der Waals surface area contributed by atoms with E-state index in [1.165, 1.54) is 191 Å². The number of fused-ring (bicyclic) bond motifs is 11. The van der Waals surface area contributed by atoms with Gasteiger partial charge in [-0.15, -0.1) is 0 Å². The number of para-hydroxylation sites is 4. The van der Waals surface area contributed by atoms with Gasteiger partial charge in [-0.25, -0.2) is 0 Å². The highest BCUT2D eigenvalue weighted by Gasteiger charge is 2.45. The molecule has 0 amide bonds. The van der Waals surface area contributed by atoms with Gasteiger partial charge in [0.25, 0.3) is 0 Å². The van der Waals surface area contributed by atoms with E-state index in [1.54, 1.807) is 0 Å². The molecule has 4 heteroatoms. The van der Waals surface area contributed by atoms with Crippen molar-refractivity contribution >= 4 is 88.5 Å². The molecule has 0 unspecified atom stereocenters. The summed E-state index contributed by atoms with van der Waals surface area (Å²) in [6.07, 6.45) is 16.9. The Morgan fingerprint density at radius 2 is 0.606 bits per heavy atom. The average molecular weight is 1410 g/mol. The zero-order valence-electron chi connectivity index (χ0n) is 62.7. The Balaban J connectivity index is 0.821. The normalized spacial score (nSPS) is 12.3. The van der Waals surface area contributed by atoms with Crippen LogP contribution in [0.5, 0.6) is 0 Å². The number of nitrogens with zero attached hydrogens (tertiary/aromatic N) is 4. The van der Waals surface area contributed by atoms with Gasteiger partial charge in [0.15, 0.2) is 0 Å². The molecular formula is C105H92N4. The van der Waals surface area contributed by atoms with Crippen molar-refractivity contribution in [3.63, 3.8) is 0 Å². The van der Waals surface area contributed by atoms with Crippen LogP contribution in [0.2, 0.25) is 0 Å². The second kappa shape index (κ2) is 30.6. The van der Waals surface area contributed by atoms with Gasteiger partial charge in [-0.05, 0) is 212 Å². The monoisotopic (exact) mass is 1410 g/mol. The molecule has 0 N–H and O–H groups in total. The highest BCUT2D eigenvalue weighted by atomic mass is 15.2. The molecule has 18 rings (SSSR count). The predicted octanol–water partition coefficient (Wildman–Crippen LogP) is 30.4. The molecule has 2 heterocycles. The molecule has 0 spiro atoms. The van der Waals surface area contributed by atoms with E-state index < -0.39 is 0 Å². The van der Waals surface area contributed by atoms with Crippen molar-refractivity contribution < 1.29 is 0 Å². The zero-order valence-corrected chi connectivity index (χ0v) is 62.7. The first-order valence-electron chi connectivity index (χ1n) is 40.0. The lowest BCUT2D eigenvalue weighted by atomic mass is 9.70. The summed E-state index contributed by atoms with van der Waals surface area (Å²) in [5, 5.41) is 7.51. The van der Waals surface area contributed by atoms with Crippen LogP contribution in [0, 0.1) is 0 Å². The largest absolute Gasteiger partial charge is 0.310 e. The van der Waals surface area contributed by atoms with Crippen molar-refractivity contribution in [2.45, 2.75) is 109 Å². The fourth-order valence-corrected chi connectivity index (χ4v) is 18.1. The molecule has 4 nitrogen and oxygen atoms in total. The van der Waals surface area contributed by atoms with E-state index in [0.29, 0.717) is 0 Å². The maximum atomic E-state index is 2.70. The van der Waals surface area contributed by atoms with E-state index in [4.69, 9.17) is 0 Å². The van der Waals surface area contributed by atoms with Gasteiger partial charge < -0.3 is 18.9 Å². The Labute approximate surface area is 642 Å². The van der Waals surface area contributed by atoms with Crippen LogP contribution in [0.4, 0.5) is 34.1 Å². The van der Waals surface area contributed by atoms with Crippen LogP contribution in [-0.4, -0.2) is 9.13 Å². The third-order valence-electron chi connectivity index (χ3n) is 23.5. The van der Waals surface area contributed by atoms with Crippen molar-refractivity contribution in [3.05, 3.63) is 363 Å². The number of hydrogen-bond donors (Lipinski definition) is 0. The molecule has 0 bridgehead atoms. The van der Waals surface area contributed by atoms with Crippen LogP contribution < -0.4 is 9.80 Å². The Kier molecular flexibility index (Phi) is 19.2. The van der Waals surface area contributed by atoms with Gasteiger partial charge in [0.2, 0.25) is 0 Å². The number of aromatic nitrogens is 2. The van der Waals surface area contributed by atoms with E-state index in [1.807, 2.05) is 0 Å². The molecular weight excluding hydrogens is 1320 g/mol. The molecule has 17 aromatic rings. The lowest BCUT2D eigenvalue weighted by Crippen LogP contribution is -2.26. The molecule has 0 radical (unpaired) electrons. The lowest BCUT2D eigenvalue weighted by Gasteiger charge is -2.35. The summed E-state index contributed by atoms with van der Waals surface area (Å²) < 4.78 is 4.83. The summed E-state index contributed by atoms with van der Waals surface area (Å²) in [5.74, 6) is 0. The minimum Gasteiger partial charge on any atom is -0.310 e. The van der Waals surface area contributed by atoms with Crippen molar-refractivity contribution in [1.29, 1.82) is 0 Å². The minimum absolute atomic E-state index is 0.312. The second-order valence-corrected chi connectivity index (χ2v) is 30.1. The molecule has 15 aromatic carbocycles. The Bertz CT molecular complexity index is 6050. The molecule has 0 aliphatic heterocycles. The van der Waals surface area contributed by atoms with Crippen molar-refractivity contribution in [2.75, 3.05) is 9.80 Å². The molecule has 109 heavy (non-hydrogen) atoms. The third-order valence-corrected chi connectivity index (χ3v) is 23.5. The van der Waals surface area contributed by atoms with Gasteiger partial charge in [-0.3, -0.25) is 0 Å². The number of rotatable bonds is 26. The van der Waals surface area contributed by atoms with Crippen LogP contribution in [-0.2, 0) is 5.41 Å². The highest BCUT2D eigenvalue weighted by molar-refractivity contribution is 6.13. The summed E-state index contributed by atoms with van der Waals surface area (Å²) in [6.45, 7) is 4.68. The van der Waals surface area contributed by atoms with E-state index in [-0.39, 0.29) is 5.41 Å². The second-order valence-electron chi connectivity index (χ2n) is 30.1.